The molecule has 158 valence electrons. The molecule has 0 radical (unpaired) electrons. The van der Waals surface area contributed by atoms with Crippen LogP contribution in [0, 0.1) is 11.6 Å². The van der Waals surface area contributed by atoms with Crippen molar-refractivity contribution in [3.8, 4) is 0 Å². The van der Waals surface area contributed by atoms with Crippen LogP contribution in [0.4, 0.5) is 8.78 Å². The summed E-state index contributed by atoms with van der Waals surface area (Å²) in [6, 6.07) is 11.5. The topological polar surface area (TPSA) is 69.0 Å². The molecule has 0 unspecified atom stereocenters. The van der Waals surface area contributed by atoms with Crippen molar-refractivity contribution < 1.29 is 22.0 Å². The molecule has 31 heavy (non-hydrogen) atoms. The zero-order valence-electron chi connectivity index (χ0n) is 15.5. The largest absolute Gasteiger partial charge is 0.294 e. The van der Waals surface area contributed by atoms with Crippen molar-refractivity contribution >= 4 is 49.9 Å². The second-order valence-corrected chi connectivity index (χ2v) is 9.21. The van der Waals surface area contributed by atoms with E-state index in [-0.39, 0.29) is 32.4 Å². The normalized spacial score (nSPS) is 11.7. The van der Waals surface area contributed by atoms with Gasteiger partial charge in [-0.1, -0.05) is 41.4 Å². The summed E-state index contributed by atoms with van der Waals surface area (Å²) in [5, 5.41) is 4.11. The summed E-state index contributed by atoms with van der Waals surface area (Å²) in [5.74, 6) is -1.98. The van der Waals surface area contributed by atoms with Crippen molar-refractivity contribution in [2.24, 2.45) is 0 Å². The van der Waals surface area contributed by atoms with Crippen LogP contribution in [-0.4, -0.2) is 23.4 Å². The average molecular weight is 481 g/mol. The number of hydrogen-bond donors (Lipinski definition) is 0. The predicted molar refractivity (Wildman–Crippen MR) is 113 cm³/mol. The van der Waals surface area contributed by atoms with Gasteiger partial charge in [0.2, 0.25) is 0 Å². The molecule has 0 spiro atoms. The fraction of sp³-hybridized carbons (Fsp3) is 0.0476. The minimum absolute atomic E-state index is 0.00958. The van der Waals surface area contributed by atoms with Crippen LogP contribution in [0.25, 0.3) is 10.9 Å². The van der Waals surface area contributed by atoms with Crippen LogP contribution in [0.15, 0.2) is 65.7 Å². The SMILES string of the molecule is O=C(Cc1ccc2cnn(S(=O)(=O)c3ccc(F)cc3Cl)c2c1)c1c(F)cccc1Cl. The smallest absolute Gasteiger partial charge is 0.285 e. The molecule has 3 aromatic carbocycles. The maximum Gasteiger partial charge on any atom is 0.285 e. The summed E-state index contributed by atoms with van der Waals surface area (Å²) < 4.78 is 54.2. The molecule has 4 aromatic rings. The third-order valence-electron chi connectivity index (χ3n) is 4.61. The van der Waals surface area contributed by atoms with E-state index in [2.05, 4.69) is 5.10 Å². The first-order valence-corrected chi connectivity index (χ1v) is 11.0. The minimum Gasteiger partial charge on any atom is -0.294 e. The average Bonchev–Trinajstić information content (AvgIpc) is 3.11. The van der Waals surface area contributed by atoms with Crippen molar-refractivity contribution in [3.63, 3.8) is 0 Å². The van der Waals surface area contributed by atoms with Crippen LogP contribution >= 0.6 is 23.2 Å². The molecule has 0 saturated heterocycles. The molecule has 10 heteroatoms. The molecule has 0 saturated carbocycles. The van der Waals surface area contributed by atoms with E-state index < -0.39 is 27.4 Å². The number of carbonyl (C=O) groups excluding carboxylic acids is 1. The highest BCUT2D eigenvalue weighted by atomic mass is 35.5. The van der Waals surface area contributed by atoms with Gasteiger partial charge in [-0.15, -0.1) is 0 Å². The number of hydrogen-bond acceptors (Lipinski definition) is 4. The number of Topliss-reactive ketones (excluding diaryl/α,β-unsaturated/α-hetero) is 1. The van der Waals surface area contributed by atoms with Crippen LogP contribution in [0.1, 0.15) is 15.9 Å². The highest BCUT2D eigenvalue weighted by molar-refractivity contribution is 7.90. The van der Waals surface area contributed by atoms with E-state index in [4.69, 9.17) is 23.2 Å². The Morgan fingerprint density at radius 3 is 2.48 bits per heavy atom. The van der Waals surface area contributed by atoms with Gasteiger partial charge in [-0.05, 0) is 42.0 Å². The maximum absolute atomic E-state index is 14.0. The lowest BCUT2D eigenvalue weighted by atomic mass is 10.0. The van der Waals surface area contributed by atoms with Gasteiger partial charge in [-0.25, -0.2) is 8.78 Å². The summed E-state index contributed by atoms with van der Waals surface area (Å²) in [5.41, 5.74) is 0.382. The number of aromatic nitrogens is 2. The van der Waals surface area contributed by atoms with Crippen LogP contribution in [-0.2, 0) is 16.4 Å². The molecule has 0 atom stereocenters. The Morgan fingerprint density at radius 2 is 1.77 bits per heavy atom. The van der Waals surface area contributed by atoms with Gasteiger partial charge < -0.3 is 0 Å². The third-order valence-corrected chi connectivity index (χ3v) is 7.01. The molecule has 0 bridgehead atoms. The summed E-state index contributed by atoms with van der Waals surface area (Å²) in [7, 11) is -4.24. The second-order valence-electron chi connectivity index (χ2n) is 6.66. The first-order chi connectivity index (χ1) is 14.7. The van der Waals surface area contributed by atoms with Crippen LogP contribution in [0.2, 0.25) is 10.0 Å². The Balaban J connectivity index is 1.75. The molecule has 0 aliphatic carbocycles. The van der Waals surface area contributed by atoms with Crippen molar-refractivity contribution in [1.29, 1.82) is 0 Å². The Bertz CT molecular complexity index is 1430. The third kappa shape index (κ3) is 3.94. The van der Waals surface area contributed by atoms with Crippen LogP contribution in [0.3, 0.4) is 0 Å². The van der Waals surface area contributed by atoms with Gasteiger partial charge in [0, 0.05) is 11.8 Å². The van der Waals surface area contributed by atoms with E-state index in [1.54, 1.807) is 12.1 Å². The van der Waals surface area contributed by atoms with Crippen molar-refractivity contribution in [2.45, 2.75) is 11.3 Å². The van der Waals surface area contributed by atoms with Gasteiger partial charge in [0.25, 0.3) is 10.0 Å². The lowest BCUT2D eigenvalue weighted by Crippen LogP contribution is -2.15. The first-order valence-electron chi connectivity index (χ1n) is 8.83. The zero-order chi connectivity index (χ0) is 22.3. The molecule has 1 aromatic heterocycles. The molecule has 1 heterocycles. The lowest BCUT2D eigenvalue weighted by molar-refractivity contribution is 0.0989. The summed E-state index contributed by atoms with van der Waals surface area (Å²) in [6.07, 6.45) is 1.13. The molecule has 0 amide bonds. The highest BCUT2D eigenvalue weighted by Gasteiger charge is 2.24. The van der Waals surface area contributed by atoms with E-state index in [1.807, 2.05) is 0 Å². The molecule has 0 aliphatic rings. The molecule has 0 N–H and O–H groups in total. The van der Waals surface area contributed by atoms with E-state index >= 15 is 0 Å². The van der Waals surface area contributed by atoms with Gasteiger partial charge in [0.15, 0.2) is 5.78 Å². The maximum atomic E-state index is 14.0. The summed E-state index contributed by atoms with van der Waals surface area (Å²) in [6.45, 7) is 0. The Labute approximate surface area is 185 Å². The van der Waals surface area contributed by atoms with Crippen LogP contribution < -0.4 is 0 Å². The molecule has 5 nitrogen and oxygen atoms in total. The number of benzene rings is 3. The Morgan fingerprint density at radius 1 is 1.00 bits per heavy atom. The van der Waals surface area contributed by atoms with Crippen molar-refractivity contribution in [2.75, 3.05) is 0 Å². The fourth-order valence-electron chi connectivity index (χ4n) is 3.16. The minimum atomic E-state index is -4.24. The van der Waals surface area contributed by atoms with E-state index in [0.717, 1.165) is 28.4 Å². The van der Waals surface area contributed by atoms with Gasteiger partial charge in [0.1, 0.15) is 16.5 Å². The van der Waals surface area contributed by atoms with Gasteiger partial charge in [-0.2, -0.15) is 17.6 Å². The molecular weight excluding hydrogens is 469 g/mol. The number of carbonyl (C=O) groups is 1. The number of halogens is 4. The van der Waals surface area contributed by atoms with E-state index in [1.165, 1.54) is 24.4 Å². The lowest BCUT2D eigenvalue weighted by Gasteiger charge is -2.09. The Kier molecular flexibility index (Phi) is 5.55. The molecule has 4 rings (SSSR count). The van der Waals surface area contributed by atoms with E-state index in [9.17, 15) is 22.0 Å². The number of rotatable bonds is 5. The Hall–Kier alpha value is -2.81. The van der Waals surface area contributed by atoms with Gasteiger partial charge >= 0.3 is 0 Å². The quantitative estimate of drug-likeness (QED) is 0.364. The summed E-state index contributed by atoms with van der Waals surface area (Å²) in [4.78, 5) is 12.3. The van der Waals surface area contributed by atoms with Gasteiger partial charge in [0.05, 0.1) is 27.3 Å². The van der Waals surface area contributed by atoms with E-state index in [0.29, 0.717) is 10.9 Å². The number of fused-ring (bicyclic) bond motifs is 1. The highest BCUT2D eigenvalue weighted by Crippen LogP contribution is 2.28. The molecule has 0 aliphatic heterocycles. The van der Waals surface area contributed by atoms with Crippen molar-refractivity contribution in [3.05, 3.63) is 93.6 Å². The molecule has 0 fully saturated rings. The van der Waals surface area contributed by atoms with Crippen molar-refractivity contribution in [1.82, 2.24) is 9.19 Å². The predicted octanol–water partition coefficient (Wildman–Crippen LogP) is 5.28. The molecular formula is C21H12Cl2F2N2O3S. The zero-order valence-corrected chi connectivity index (χ0v) is 17.8. The standard InChI is InChI=1S/C21H12Cl2F2N2O3S/c22-15-2-1-3-17(25)21(15)19(28)9-12-4-5-13-11-26-27(18(13)8-12)31(29,30)20-7-6-14(24)10-16(20)23/h1-8,10-11H,9H2. The first kappa shape index (κ1) is 21.4. The number of ketones is 1. The monoisotopic (exact) mass is 480 g/mol. The number of nitrogens with zero attached hydrogens (tertiary/aromatic N) is 2. The fourth-order valence-corrected chi connectivity index (χ4v) is 5.21. The van der Waals surface area contributed by atoms with Gasteiger partial charge in [-0.3, -0.25) is 4.79 Å². The summed E-state index contributed by atoms with van der Waals surface area (Å²) >= 11 is 11.9. The second kappa shape index (κ2) is 8.03. The van der Waals surface area contributed by atoms with Crippen LogP contribution in [0.5, 0.6) is 0 Å².